The van der Waals surface area contributed by atoms with Gasteiger partial charge in [-0.05, 0) is 18.9 Å². The van der Waals surface area contributed by atoms with E-state index in [2.05, 4.69) is 20.4 Å². The molecular formula is C14H19N5O. The first kappa shape index (κ1) is 12.1. The Morgan fingerprint density at radius 3 is 2.95 bits per heavy atom. The minimum atomic E-state index is -0.0541. The minimum absolute atomic E-state index is 0.0541. The van der Waals surface area contributed by atoms with Crippen molar-refractivity contribution in [3.63, 3.8) is 0 Å². The second-order valence-electron chi connectivity index (χ2n) is 5.99. The van der Waals surface area contributed by atoms with E-state index in [-0.39, 0.29) is 5.56 Å². The summed E-state index contributed by atoms with van der Waals surface area (Å²) in [7, 11) is 0. The van der Waals surface area contributed by atoms with Crippen LogP contribution in [0.3, 0.4) is 0 Å². The zero-order valence-electron chi connectivity index (χ0n) is 11.4. The van der Waals surface area contributed by atoms with Gasteiger partial charge < -0.3 is 10.3 Å². The summed E-state index contributed by atoms with van der Waals surface area (Å²) >= 11 is 0. The van der Waals surface area contributed by atoms with Crippen LogP contribution in [0.25, 0.3) is 11.0 Å². The lowest BCUT2D eigenvalue weighted by Crippen LogP contribution is -2.20. The molecule has 4 rings (SSSR count). The second-order valence-corrected chi connectivity index (χ2v) is 5.99. The first-order valence-corrected chi connectivity index (χ1v) is 7.48. The smallest absolute Gasteiger partial charge is 0.262 e. The van der Waals surface area contributed by atoms with E-state index in [1.165, 1.54) is 19.3 Å². The van der Waals surface area contributed by atoms with E-state index < -0.39 is 0 Å². The van der Waals surface area contributed by atoms with Gasteiger partial charge >= 0.3 is 0 Å². The molecule has 6 nitrogen and oxygen atoms in total. The lowest BCUT2D eigenvalue weighted by atomic mass is 9.83. The normalized spacial score (nSPS) is 23.3. The van der Waals surface area contributed by atoms with Gasteiger partial charge in [-0.3, -0.25) is 4.79 Å². The van der Waals surface area contributed by atoms with Crippen LogP contribution in [0.2, 0.25) is 0 Å². The molecule has 0 amide bonds. The molecule has 0 bridgehead atoms. The van der Waals surface area contributed by atoms with Gasteiger partial charge in [0.05, 0.1) is 12.2 Å². The van der Waals surface area contributed by atoms with Crippen LogP contribution in [0.1, 0.15) is 37.5 Å². The van der Waals surface area contributed by atoms with Gasteiger partial charge in [0.1, 0.15) is 11.2 Å². The van der Waals surface area contributed by atoms with E-state index in [4.69, 9.17) is 0 Å². The molecule has 2 aliphatic rings. The van der Waals surface area contributed by atoms with Gasteiger partial charge in [0.25, 0.3) is 5.56 Å². The third kappa shape index (κ3) is 1.95. The van der Waals surface area contributed by atoms with Crippen molar-refractivity contribution in [2.24, 2.45) is 5.92 Å². The van der Waals surface area contributed by atoms with E-state index in [1.807, 2.05) is 4.68 Å². The summed E-state index contributed by atoms with van der Waals surface area (Å²) in [5.74, 6) is 1.51. The topological polar surface area (TPSA) is 75.6 Å². The van der Waals surface area contributed by atoms with Crippen molar-refractivity contribution in [2.75, 3.05) is 13.1 Å². The molecule has 2 aromatic heterocycles. The number of aromatic amines is 1. The lowest BCUT2D eigenvalue weighted by Gasteiger charge is -2.24. The van der Waals surface area contributed by atoms with Gasteiger partial charge in [-0.2, -0.15) is 5.10 Å². The van der Waals surface area contributed by atoms with Crippen molar-refractivity contribution >= 4 is 11.0 Å². The summed E-state index contributed by atoms with van der Waals surface area (Å²) in [6.07, 6.45) is 7.40. The monoisotopic (exact) mass is 273 g/mol. The molecule has 2 N–H and O–H groups in total. The van der Waals surface area contributed by atoms with Gasteiger partial charge in [-0.1, -0.05) is 19.3 Å². The quantitative estimate of drug-likeness (QED) is 0.874. The third-order valence-electron chi connectivity index (χ3n) is 4.60. The summed E-state index contributed by atoms with van der Waals surface area (Å²) in [6.45, 7) is 1.91. The standard InChI is InChI=1S/C14H19N5O/c20-14-11-8-16-19(10-4-5-15-7-10)13(11)17-12(18-14)6-9-2-1-3-9/h8-10,15H,1-7H2,(H,17,18,20). The second kappa shape index (κ2) is 4.70. The maximum Gasteiger partial charge on any atom is 0.262 e. The average molecular weight is 273 g/mol. The molecule has 3 heterocycles. The van der Waals surface area contributed by atoms with E-state index in [0.717, 1.165) is 37.4 Å². The summed E-state index contributed by atoms with van der Waals surface area (Å²) < 4.78 is 1.93. The Morgan fingerprint density at radius 2 is 2.25 bits per heavy atom. The zero-order chi connectivity index (χ0) is 13.5. The molecule has 2 fully saturated rings. The molecule has 0 spiro atoms. The molecule has 1 saturated heterocycles. The van der Waals surface area contributed by atoms with Gasteiger partial charge in [0.15, 0.2) is 5.65 Å². The maximum atomic E-state index is 12.2. The Morgan fingerprint density at radius 1 is 1.35 bits per heavy atom. The van der Waals surface area contributed by atoms with E-state index in [1.54, 1.807) is 6.20 Å². The van der Waals surface area contributed by atoms with Crippen molar-refractivity contribution in [1.82, 2.24) is 25.1 Å². The fraction of sp³-hybridized carbons (Fsp3) is 0.643. The Kier molecular flexibility index (Phi) is 2.84. The number of hydrogen-bond donors (Lipinski definition) is 2. The molecule has 106 valence electrons. The molecule has 20 heavy (non-hydrogen) atoms. The van der Waals surface area contributed by atoms with Crippen molar-refractivity contribution in [1.29, 1.82) is 0 Å². The SMILES string of the molecule is O=c1[nH]c(CC2CCC2)nc2c1cnn2C1CCNC1. The number of rotatable bonds is 3. The highest BCUT2D eigenvalue weighted by Crippen LogP contribution is 2.29. The van der Waals surface area contributed by atoms with Gasteiger partial charge in [-0.15, -0.1) is 0 Å². The molecule has 1 atom stereocenters. The van der Waals surface area contributed by atoms with Crippen molar-refractivity contribution in [3.05, 3.63) is 22.4 Å². The Labute approximate surface area is 116 Å². The fourth-order valence-corrected chi connectivity index (χ4v) is 3.16. The van der Waals surface area contributed by atoms with Crippen LogP contribution in [-0.2, 0) is 6.42 Å². The predicted molar refractivity (Wildman–Crippen MR) is 75.7 cm³/mol. The van der Waals surface area contributed by atoms with Crippen LogP contribution in [-0.4, -0.2) is 32.8 Å². The molecule has 2 aromatic rings. The molecule has 0 radical (unpaired) electrons. The molecule has 0 aromatic carbocycles. The van der Waals surface area contributed by atoms with Crippen LogP contribution >= 0.6 is 0 Å². The minimum Gasteiger partial charge on any atom is -0.315 e. The molecule has 6 heteroatoms. The summed E-state index contributed by atoms with van der Waals surface area (Å²) in [5.41, 5.74) is 0.693. The van der Waals surface area contributed by atoms with E-state index in [9.17, 15) is 4.79 Å². The summed E-state index contributed by atoms with van der Waals surface area (Å²) in [6, 6.07) is 0.318. The maximum absolute atomic E-state index is 12.2. The van der Waals surface area contributed by atoms with Crippen LogP contribution in [0.5, 0.6) is 0 Å². The summed E-state index contributed by atoms with van der Waals surface area (Å²) in [4.78, 5) is 19.7. The zero-order valence-corrected chi connectivity index (χ0v) is 11.4. The molecule has 1 saturated carbocycles. The predicted octanol–water partition coefficient (Wildman–Crippen LogP) is 0.997. The largest absolute Gasteiger partial charge is 0.315 e. The van der Waals surface area contributed by atoms with Crippen LogP contribution in [0, 0.1) is 5.92 Å². The Balaban J connectivity index is 1.75. The van der Waals surface area contributed by atoms with Gasteiger partial charge in [0, 0.05) is 13.0 Å². The number of aromatic nitrogens is 4. The highest BCUT2D eigenvalue weighted by molar-refractivity contribution is 5.73. The van der Waals surface area contributed by atoms with Crippen LogP contribution < -0.4 is 10.9 Å². The van der Waals surface area contributed by atoms with Crippen molar-refractivity contribution < 1.29 is 0 Å². The van der Waals surface area contributed by atoms with Crippen LogP contribution in [0.15, 0.2) is 11.0 Å². The van der Waals surface area contributed by atoms with Gasteiger partial charge in [0.2, 0.25) is 0 Å². The van der Waals surface area contributed by atoms with Crippen molar-refractivity contribution in [3.8, 4) is 0 Å². The average Bonchev–Trinajstić information content (AvgIpc) is 3.01. The summed E-state index contributed by atoms with van der Waals surface area (Å²) in [5, 5.41) is 8.32. The van der Waals surface area contributed by atoms with Crippen molar-refractivity contribution in [2.45, 2.75) is 38.1 Å². The number of hydrogen-bond acceptors (Lipinski definition) is 4. The highest BCUT2D eigenvalue weighted by atomic mass is 16.1. The number of nitrogens with zero attached hydrogens (tertiary/aromatic N) is 3. The van der Waals surface area contributed by atoms with E-state index >= 15 is 0 Å². The third-order valence-corrected chi connectivity index (χ3v) is 4.60. The molecule has 1 aliphatic heterocycles. The number of fused-ring (bicyclic) bond motifs is 1. The molecule has 1 aliphatic carbocycles. The Bertz CT molecular complexity index is 678. The highest BCUT2D eigenvalue weighted by Gasteiger charge is 2.23. The lowest BCUT2D eigenvalue weighted by molar-refractivity contribution is 0.309. The number of H-pyrrole nitrogens is 1. The number of nitrogens with one attached hydrogen (secondary N) is 2. The first-order valence-electron chi connectivity index (χ1n) is 7.48. The molecule has 1 unspecified atom stereocenters. The fourth-order valence-electron chi connectivity index (χ4n) is 3.16. The molecular weight excluding hydrogens is 254 g/mol. The first-order chi connectivity index (χ1) is 9.81. The van der Waals surface area contributed by atoms with Crippen LogP contribution in [0.4, 0.5) is 0 Å². The van der Waals surface area contributed by atoms with E-state index in [0.29, 0.717) is 17.3 Å². The van der Waals surface area contributed by atoms with Gasteiger partial charge in [-0.25, -0.2) is 9.67 Å². The Hall–Kier alpha value is -1.69.